The van der Waals surface area contributed by atoms with Gasteiger partial charge in [0.15, 0.2) is 16.9 Å². The first-order valence-corrected chi connectivity index (χ1v) is 9.78. The summed E-state index contributed by atoms with van der Waals surface area (Å²) in [5.74, 6) is 1.21. The lowest BCUT2D eigenvalue weighted by molar-refractivity contribution is 0.102. The van der Waals surface area contributed by atoms with Gasteiger partial charge < -0.3 is 23.9 Å². The number of hydrogen-bond donors (Lipinski definition) is 1. The fourth-order valence-electron chi connectivity index (χ4n) is 3.39. The standard InChI is InChI=1S/C25H21NO6/c1-29-22-11-16(12-23(30-2)24(22)31-3)25(28)26-17-9-10-20-18(13-17)19(27)14-21(32-20)15-7-5-4-6-8-15/h4-14H,1-3H3,(H,26,28). The summed E-state index contributed by atoms with van der Waals surface area (Å²) in [4.78, 5) is 25.5. The summed E-state index contributed by atoms with van der Waals surface area (Å²) in [6, 6.07) is 18.9. The predicted octanol–water partition coefficient (Wildman–Crippen LogP) is 4.74. The third-order valence-electron chi connectivity index (χ3n) is 4.97. The summed E-state index contributed by atoms with van der Waals surface area (Å²) in [5, 5.41) is 3.16. The number of ether oxygens (including phenoxy) is 3. The van der Waals surface area contributed by atoms with Gasteiger partial charge in [0.2, 0.25) is 5.75 Å². The monoisotopic (exact) mass is 431 g/mol. The zero-order chi connectivity index (χ0) is 22.7. The van der Waals surface area contributed by atoms with Gasteiger partial charge in [-0.05, 0) is 30.3 Å². The number of benzene rings is 3. The second-order valence-corrected chi connectivity index (χ2v) is 6.92. The van der Waals surface area contributed by atoms with Crippen LogP contribution in [0.4, 0.5) is 5.69 Å². The van der Waals surface area contributed by atoms with Gasteiger partial charge in [-0.25, -0.2) is 0 Å². The average Bonchev–Trinajstić information content (AvgIpc) is 2.83. The van der Waals surface area contributed by atoms with Crippen molar-refractivity contribution in [2.45, 2.75) is 0 Å². The lowest BCUT2D eigenvalue weighted by Gasteiger charge is -2.14. The summed E-state index contributed by atoms with van der Waals surface area (Å²) >= 11 is 0. The molecule has 0 fully saturated rings. The van der Waals surface area contributed by atoms with Crippen molar-refractivity contribution in [1.82, 2.24) is 0 Å². The number of rotatable bonds is 6. The lowest BCUT2D eigenvalue weighted by Crippen LogP contribution is -2.13. The van der Waals surface area contributed by atoms with E-state index in [0.29, 0.717) is 45.2 Å². The summed E-state index contributed by atoms with van der Waals surface area (Å²) in [7, 11) is 4.44. The minimum Gasteiger partial charge on any atom is -0.493 e. The van der Waals surface area contributed by atoms with E-state index >= 15 is 0 Å². The van der Waals surface area contributed by atoms with Crippen molar-refractivity contribution in [2.24, 2.45) is 0 Å². The van der Waals surface area contributed by atoms with Crippen LogP contribution in [0.3, 0.4) is 0 Å². The molecular formula is C25H21NO6. The Morgan fingerprint density at radius 1 is 0.844 bits per heavy atom. The molecular weight excluding hydrogens is 410 g/mol. The van der Waals surface area contributed by atoms with Crippen LogP contribution in [0.5, 0.6) is 17.2 Å². The molecule has 1 amide bonds. The number of fused-ring (bicyclic) bond motifs is 1. The van der Waals surface area contributed by atoms with Crippen molar-refractivity contribution in [3.63, 3.8) is 0 Å². The molecule has 0 aliphatic heterocycles. The Morgan fingerprint density at radius 3 is 2.16 bits per heavy atom. The van der Waals surface area contributed by atoms with Crippen molar-refractivity contribution >= 4 is 22.6 Å². The topological polar surface area (TPSA) is 87.0 Å². The van der Waals surface area contributed by atoms with Crippen LogP contribution in [0.1, 0.15) is 10.4 Å². The highest BCUT2D eigenvalue weighted by molar-refractivity contribution is 6.05. The Hall–Kier alpha value is -4.26. The van der Waals surface area contributed by atoms with Gasteiger partial charge >= 0.3 is 0 Å². The quantitative estimate of drug-likeness (QED) is 0.475. The molecule has 32 heavy (non-hydrogen) atoms. The Bertz CT molecular complexity index is 1320. The molecule has 1 aromatic heterocycles. The first-order chi connectivity index (χ1) is 15.5. The molecule has 0 aliphatic rings. The van der Waals surface area contributed by atoms with Crippen molar-refractivity contribution in [3.8, 4) is 28.6 Å². The number of carbonyl (C=O) groups excluding carboxylic acids is 1. The minimum atomic E-state index is -0.395. The second kappa shape index (κ2) is 8.85. The SMILES string of the molecule is COc1cc(C(=O)Nc2ccc3oc(-c4ccccc4)cc(=O)c3c2)cc(OC)c1OC. The summed E-state index contributed by atoms with van der Waals surface area (Å²) in [6.45, 7) is 0. The maximum absolute atomic E-state index is 12.8. The molecule has 7 nitrogen and oxygen atoms in total. The largest absolute Gasteiger partial charge is 0.493 e. The van der Waals surface area contributed by atoms with Gasteiger partial charge in [0.25, 0.3) is 5.91 Å². The minimum absolute atomic E-state index is 0.200. The zero-order valence-corrected chi connectivity index (χ0v) is 17.8. The van der Waals surface area contributed by atoms with Crippen LogP contribution < -0.4 is 25.0 Å². The lowest BCUT2D eigenvalue weighted by atomic mass is 10.1. The third kappa shape index (κ3) is 4.00. The first kappa shape index (κ1) is 21.0. The van der Waals surface area contributed by atoms with Crippen molar-refractivity contribution in [1.29, 1.82) is 0 Å². The molecule has 0 saturated carbocycles. The highest BCUT2D eigenvalue weighted by Gasteiger charge is 2.17. The van der Waals surface area contributed by atoms with Crippen LogP contribution in [0.2, 0.25) is 0 Å². The van der Waals surface area contributed by atoms with Gasteiger partial charge in [-0.3, -0.25) is 9.59 Å². The van der Waals surface area contributed by atoms with E-state index < -0.39 is 5.91 Å². The van der Waals surface area contributed by atoms with E-state index in [1.54, 1.807) is 30.3 Å². The van der Waals surface area contributed by atoms with Crippen LogP contribution in [-0.4, -0.2) is 27.2 Å². The molecule has 4 aromatic rings. The molecule has 3 aromatic carbocycles. The maximum atomic E-state index is 12.8. The molecule has 0 radical (unpaired) electrons. The van der Waals surface area contributed by atoms with Gasteiger partial charge in [-0.1, -0.05) is 30.3 Å². The Labute approximate surface area is 184 Å². The molecule has 7 heteroatoms. The number of carbonyl (C=O) groups is 1. The van der Waals surface area contributed by atoms with Crippen LogP contribution >= 0.6 is 0 Å². The number of amides is 1. The van der Waals surface area contributed by atoms with E-state index in [2.05, 4.69) is 5.32 Å². The second-order valence-electron chi connectivity index (χ2n) is 6.92. The Morgan fingerprint density at radius 2 is 1.53 bits per heavy atom. The van der Waals surface area contributed by atoms with Crippen molar-refractivity contribution < 1.29 is 23.4 Å². The number of anilines is 1. The molecule has 0 spiro atoms. The van der Waals surface area contributed by atoms with E-state index in [9.17, 15) is 9.59 Å². The van der Waals surface area contributed by atoms with Crippen LogP contribution in [-0.2, 0) is 0 Å². The normalized spacial score (nSPS) is 10.6. The summed E-state index contributed by atoms with van der Waals surface area (Å²) < 4.78 is 21.8. The molecule has 1 N–H and O–H groups in total. The first-order valence-electron chi connectivity index (χ1n) is 9.78. The van der Waals surface area contributed by atoms with Crippen LogP contribution in [0, 0.1) is 0 Å². The Kier molecular flexibility index (Phi) is 5.81. The molecule has 1 heterocycles. The summed E-state index contributed by atoms with van der Waals surface area (Å²) in [6.07, 6.45) is 0. The van der Waals surface area contributed by atoms with Crippen molar-refractivity contribution in [2.75, 3.05) is 26.6 Å². The van der Waals surface area contributed by atoms with Crippen LogP contribution in [0.15, 0.2) is 75.9 Å². The summed E-state index contributed by atoms with van der Waals surface area (Å²) in [5.41, 5.74) is 1.81. The molecule has 162 valence electrons. The smallest absolute Gasteiger partial charge is 0.255 e. The Balaban J connectivity index is 1.66. The van der Waals surface area contributed by atoms with Crippen LogP contribution in [0.25, 0.3) is 22.3 Å². The van der Waals surface area contributed by atoms with Crippen molar-refractivity contribution in [3.05, 3.63) is 82.5 Å². The zero-order valence-electron chi connectivity index (χ0n) is 17.8. The van der Waals surface area contributed by atoms with E-state index in [1.807, 2.05) is 30.3 Å². The van der Waals surface area contributed by atoms with E-state index in [1.165, 1.54) is 27.4 Å². The van der Waals surface area contributed by atoms with Gasteiger partial charge in [0.1, 0.15) is 11.3 Å². The highest BCUT2D eigenvalue weighted by Crippen LogP contribution is 2.38. The highest BCUT2D eigenvalue weighted by atomic mass is 16.5. The van der Waals surface area contributed by atoms with Gasteiger partial charge in [-0.2, -0.15) is 0 Å². The van der Waals surface area contributed by atoms with Gasteiger partial charge in [0.05, 0.1) is 26.7 Å². The molecule has 0 unspecified atom stereocenters. The van der Waals surface area contributed by atoms with E-state index in [0.717, 1.165) is 5.56 Å². The molecule has 0 bridgehead atoms. The fourth-order valence-corrected chi connectivity index (χ4v) is 3.39. The third-order valence-corrected chi connectivity index (χ3v) is 4.97. The average molecular weight is 431 g/mol. The molecule has 0 aliphatic carbocycles. The fraction of sp³-hybridized carbons (Fsp3) is 0.120. The maximum Gasteiger partial charge on any atom is 0.255 e. The van der Waals surface area contributed by atoms with E-state index in [4.69, 9.17) is 18.6 Å². The number of hydrogen-bond acceptors (Lipinski definition) is 6. The number of methoxy groups -OCH3 is 3. The predicted molar refractivity (Wildman–Crippen MR) is 122 cm³/mol. The van der Waals surface area contributed by atoms with Gasteiger partial charge in [-0.15, -0.1) is 0 Å². The number of nitrogens with one attached hydrogen (secondary N) is 1. The van der Waals surface area contributed by atoms with Gasteiger partial charge in [0, 0.05) is 22.9 Å². The molecule has 0 atom stereocenters. The van der Waals surface area contributed by atoms with E-state index in [-0.39, 0.29) is 5.43 Å². The molecule has 0 saturated heterocycles. The molecule has 4 rings (SSSR count).